The van der Waals surface area contributed by atoms with Crippen LogP contribution in [0.25, 0.3) is 10.9 Å². The molecule has 0 aliphatic carbocycles. The SMILES string of the molecule is CC(O)c1cc2ccc(O)cc2[nH]1. The molecule has 0 fully saturated rings. The van der Waals surface area contributed by atoms with Crippen LogP contribution < -0.4 is 0 Å². The van der Waals surface area contributed by atoms with E-state index >= 15 is 0 Å². The Morgan fingerprint density at radius 1 is 1.31 bits per heavy atom. The van der Waals surface area contributed by atoms with Gasteiger partial charge in [0.1, 0.15) is 5.75 Å². The van der Waals surface area contributed by atoms with Crippen molar-refractivity contribution in [2.24, 2.45) is 0 Å². The lowest BCUT2D eigenvalue weighted by atomic mass is 10.2. The molecule has 13 heavy (non-hydrogen) atoms. The van der Waals surface area contributed by atoms with Gasteiger partial charge in [0.15, 0.2) is 0 Å². The monoisotopic (exact) mass is 177 g/mol. The topological polar surface area (TPSA) is 56.2 Å². The zero-order valence-corrected chi connectivity index (χ0v) is 7.28. The standard InChI is InChI=1S/C10H11NO2/c1-6(12)9-4-7-2-3-8(13)5-10(7)11-9/h2-6,11-13H,1H3. The minimum absolute atomic E-state index is 0.228. The number of aliphatic hydroxyl groups is 1. The van der Waals surface area contributed by atoms with Crippen LogP contribution >= 0.6 is 0 Å². The van der Waals surface area contributed by atoms with Crippen molar-refractivity contribution < 1.29 is 10.2 Å². The highest BCUT2D eigenvalue weighted by molar-refractivity contribution is 5.81. The predicted molar refractivity (Wildman–Crippen MR) is 50.6 cm³/mol. The van der Waals surface area contributed by atoms with Crippen LogP contribution in [0.2, 0.25) is 0 Å². The van der Waals surface area contributed by atoms with E-state index < -0.39 is 6.10 Å². The molecule has 2 aromatic rings. The number of benzene rings is 1. The van der Waals surface area contributed by atoms with E-state index in [4.69, 9.17) is 0 Å². The van der Waals surface area contributed by atoms with Crippen molar-refractivity contribution in [2.45, 2.75) is 13.0 Å². The Bertz CT molecular complexity index is 431. The molecule has 68 valence electrons. The van der Waals surface area contributed by atoms with Crippen LogP contribution in [0.5, 0.6) is 5.75 Å². The average Bonchev–Trinajstić information content (AvgIpc) is 2.46. The van der Waals surface area contributed by atoms with Crippen molar-refractivity contribution in [3.63, 3.8) is 0 Å². The molecule has 3 N–H and O–H groups in total. The summed E-state index contributed by atoms with van der Waals surface area (Å²) >= 11 is 0. The van der Waals surface area contributed by atoms with Crippen LogP contribution in [0.15, 0.2) is 24.3 Å². The minimum Gasteiger partial charge on any atom is -0.508 e. The lowest BCUT2D eigenvalue weighted by Gasteiger charge is -1.97. The van der Waals surface area contributed by atoms with E-state index in [9.17, 15) is 10.2 Å². The number of aliphatic hydroxyl groups excluding tert-OH is 1. The van der Waals surface area contributed by atoms with E-state index in [1.54, 1.807) is 19.1 Å². The molecule has 0 bridgehead atoms. The van der Waals surface area contributed by atoms with Gasteiger partial charge in [-0.25, -0.2) is 0 Å². The zero-order valence-electron chi connectivity index (χ0n) is 7.28. The van der Waals surface area contributed by atoms with Gasteiger partial charge in [-0.1, -0.05) is 0 Å². The average molecular weight is 177 g/mol. The Labute approximate surface area is 75.6 Å². The van der Waals surface area contributed by atoms with Gasteiger partial charge in [-0.05, 0) is 25.1 Å². The van der Waals surface area contributed by atoms with Gasteiger partial charge < -0.3 is 15.2 Å². The fourth-order valence-corrected chi connectivity index (χ4v) is 1.36. The second kappa shape index (κ2) is 2.78. The van der Waals surface area contributed by atoms with Crippen molar-refractivity contribution in [3.05, 3.63) is 30.0 Å². The number of hydrogen-bond donors (Lipinski definition) is 3. The molecule has 1 aromatic carbocycles. The summed E-state index contributed by atoms with van der Waals surface area (Å²) in [4.78, 5) is 3.03. The van der Waals surface area contributed by atoms with E-state index in [2.05, 4.69) is 4.98 Å². The maximum atomic E-state index is 9.30. The molecular weight excluding hydrogens is 166 g/mol. The van der Waals surface area contributed by atoms with Crippen molar-refractivity contribution >= 4 is 10.9 Å². The Morgan fingerprint density at radius 3 is 2.77 bits per heavy atom. The van der Waals surface area contributed by atoms with Crippen molar-refractivity contribution in [1.82, 2.24) is 4.98 Å². The lowest BCUT2D eigenvalue weighted by Crippen LogP contribution is -1.88. The molecule has 3 nitrogen and oxygen atoms in total. The van der Waals surface area contributed by atoms with E-state index in [0.717, 1.165) is 16.6 Å². The minimum atomic E-state index is -0.505. The molecule has 1 unspecified atom stereocenters. The number of aromatic hydroxyl groups is 1. The van der Waals surface area contributed by atoms with Crippen LogP contribution in [0.1, 0.15) is 18.7 Å². The smallest absolute Gasteiger partial charge is 0.117 e. The second-order valence-electron chi connectivity index (χ2n) is 3.17. The van der Waals surface area contributed by atoms with Gasteiger partial charge in [-0.3, -0.25) is 0 Å². The van der Waals surface area contributed by atoms with Crippen LogP contribution in [0.4, 0.5) is 0 Å². The molecular formula is C10H11NO2. The summed E-state index contributed by atoms with van der Waals surface area (Å²) in [5.41, 5.74) is 1.61. The van der Waals surface area contributed by atoms with Gasteiger partial charge in [0.25, 0.3) is 0 Å². The number of rotatable bonds is 1. The maximum Gasteiger partial charge on any atom is 0.117 e. The summed E-state index contributed by atoms with van der Waals surface area (Å²) in [6, 6.07) is 6.95. The third-order valence-electron chi connectivity index (χ3n) is 2.08. The van der Waals surface area contributed by atoms with Crippen LogP contribution in [0, 0.1) is 0 Å². The Balaban J connectivity index is 2.62. The fraction of sp³-hybridized carbons (Fsp3) is 0.200. The van der Waals surface area contributed by atoms with E-state index in [1.165, 1.54) is 0 Å². The number of aromatic amines is 1. The number of aromatic nitrogens is 1. The van der Waals surface area contributed by atoms with E-state index in [0.29, 0.717) is 0 Å². The maximum absolute atomic E-state index is 9.30. The number of phenolic OH excluding ortho intramolecular Hbond substituents is 1. The van der Waals surface area contributed by atoms with Gasteiger partial charge in [0, 0.05) is 22.7 Å². The van der Waals surface area contributed by atoms with Gasteiger partial charge in [0.05, 0.1) is 6.10 Å². The molecule has 3 heteroatoms. The summed E-state index contributed by atoms with van der Waals surface area (Å²) in [7, 11) is 0. The van der Waals surface area contributed by atoms with Crippen LogP contribution in [0.3, 0.4) is 0 Å². The number of H-pyrrole nitrogens is 1. The lowest BCUT2D eigenvalue weighted by molar-refractivity contribution is 0.195. The summed E-state index contributed by atoms with van der Waals surface area (Å²) < 4.78 is 0. The summed E-state index contributed by atoms with van der Waals surface area (Å²) in [5.74, 6) is 0.228. The Hall–Kier alpha value is -1.48. The first-order valence-corrected chi connectivity index (χ1v) is 4.16. The van der Waals surface area contributed by atoms with Crippen molar-refractivity contribution in [1.29, 1.82) is 0 Å². The van der Waals surface area contributed by atoms with Crippen LogP contribution in [-0.2, 0) is 0 Å². The Kier molecular flexibility index (Phi) is 1.74. The van der Waals surface area contributed by atoms with Gasteiger partial charge in [-0.15, -0.1) is 0 Å². The molecule has 0 saturated carbocycles. The third-order valence-corrected chi connectivity index (χ3v) is 2.08. The Morgan fingerprint density at radius 2 is 2.08 bits per heavy atom. The van der Waals surface area contributed by atoms with Gasteiger partial charge in [0.2, 0.25) is 0 Å². The fourth-order valence-electron chi connectivity index (χ4n) is 1.36. The largest absolute Gasteiger partial charge is 0.508 e. The molecule has 1 aromatic heterocycles. The number of phenols is 1. The first kappa shape index (κ1) is 8.13. The highest BCUT2D eigenvalue weighted by Gasteiger charge is 2.05. The zero-order chi connectivity index (χ0) is 9.42. The second-order valence-corrected chi connectivity index (χ2v) is 3.17. The normalized spacial score (nSPS) is 13.4. The molecule has 0 aliphatic heterocycles. The molecule has 0 aliphatic rings. The van der Waals surface area contributed by atoms with Crippen molar-refractivity contribution in [2.75, 3.05) is 0 Å². The first-order chi connectivity index (χ1) is 6.16. The molecule has 0 saturated heterocycles. The number of hydrogen-bond acceptors (Lipinski definition) is 2. The first-order valence-electron chi connectivity index (χ1n) is 4.16. The van der Waals surface area contributed by atoms with Gasteiger partial charge in [-0.2, -0.15) is 0 Å². The highest BCUT2D eigenvalue weighted by Crippen LogP contribution is 2.22. The molecule has 0 spiro atoms. The number of fused-ring (bicyclic) bond motifs is 1. The van der Waals surface area contributed by atoms with Crippen LogP contribution in [-0.4, -0.2) is 15.2 Å². The molecule has 1 heterocycles. The quantitative estimate of drug-likeness (QED) is 0.623. The highest BCUT2D eigenvalue weighted by atomic mass is 16.3. The molecule has 0 amide bonds. The summed E-state index contributed by atoms with van der Waals surface area (Å²) in [6.07, 6.45) is -0.505. The summed E-state index contributed by atoms with van der Waals surface area (Å²) in [6.45, 7) is 1.70. The summed E-state index contributed by atoms with van der Waals surface area (Å²) in [5, 5.41) is 19.5. The van der Waals surface area contributed by atoms with E-state index in [-0.39, 0.29) is 5.75 Å². The van der Waals surface area contributed by atoms with Gasteiger partial charge >= 0.3 is 0 Å². The number of nitrogens with one attached hydrogen (secondary N) is 1. The van der Waals surface area contributed by atoms with E-state index in [1.807, 2.05) is 12.1 Å². The predicted octanol–water partition coefficient (Wildman–Crippen LogP) is 1.93. The third kappa shape index (κ3) is 1.38. The van der Waals surface area contributed by atoms with Crippen molar-refractivity contribution in [3.8, 4) is 5.75 Å². The molecule has 0 radical (unpaired) electrons. The molecule has 2 rings (SSSR count). The molecule has 1 atom stereocenters.